The van der Waals surface area contributed by atoms with E-state index in [1.165, 1.54) is 18.2 Å². The summed E-state index contributed by atoms with van der Waals surface area (Å²) in [5.74, 6) is -1.13. The normalized spacial score (nSPS) is 19.4. The predicted molar refractivity (Wildman–Crippen MR) is 101 cm³/mol. The standard InChI is InChI=1S/C22H16ClF2N/c23-16-11-9-15(10-12-16)22-17(14-5-2-1-3-6-14)13-20(26-22)21-18(24)7-4-8-19(21)25/h1-12,17,20H,13H2. The van der Waals surface area contributed by atoms with Crippen LogP contribution in [-0.2, 0) is 0 Å². The van der Waals surface area contributed by atoms with Gasteiger partial charge in [-0.1, -0.05) is 60.1 Å². The topological polar surface area (TPSA) is 12.4 Å². The Kier molecular flexibility index (Phi) is 4.56. The minimum absolute atomic E-state index is 0.0265. The zero-order valence-corrected chi connectivity index (χ0v) is 14.6. The number of hydrogen-bond donors (Lipinski definition) is 0. The Morgan fingerprint density at radius 3 is 2.12 bits per heavy atom. The summed E-state index contributed by atoms with van der Waals surface area (Å²) >= 11 is 6.00. The van der Waals surface area contributed by atoms with E-state index < -0.39 is 17.7 Å². The van der Waals surface area contributed by atoms with Gasteiger partial charge in [0.1, 0.15) is 11.6 Å². The average molecular weight is 368 g/mol. The fourth-order valence-electron chi connectivity index (χ4n) is 3.53. The molecule has 0 amide bonds. The lowest BCUT2D eigenvalue weighted by Gasteiger charge is -2.15. The van der Waals surface area contributed by atoms with Gasteiger partial charge >= 0.3 is 0 Å². The number of nitrogens with zero attached hydrogens (tertiary/aromatic N) is 1. The zero-order chi connectivity index (χ0) is 18.1. The average Bonchev–Trinajstić information content (AvgIpc) is 3.08. The van der Waals surface area contributed by atoms with Crippen LogP contribution in [0.15, 0.2) is 77.8 Å². The molecule has 0 radical (unpaired) electrons. The SMILES string of the molecule is Fc1cccc(F)c1C1CC(c2ccccc2)C(c2ccc(Cl)cc2)=N1. The molecule has 1 nitrogen and oxygen atoms in total. The van der Waals surface area contributed by atoms with Gasteiger partial charge in [0.15, 0.2) is 0 Å². The molecule has 0 saturated carbocycles. The van der Waals surface area contributed by atoms with Crippen molar-refractivity contribution >= 4 is 17.3 Å². The van der Waals surface area contributed by atoms with Crippen molar-refractivity contribution in [1.29, 1.82) is 0 Å². The largest absolute Gasteiger partial charge is 0.280 e. The van der Waals surface area contributed by atoms with E-state index in [1.54, 1.807) is 12.1 Å². The number of hydrogen-bond acceptors (Lipinski definition) is 1. The van der Waals surface area contributed by atoms with Crippen LogP contribution in [-0.4, -0.2) is 5.71 Å². The van der Waals surface area contributed by atoms with Gasteiger partial charge in [-0.2, -0.15) is 0 Å². The summed E-state index contributed by atoms with van der Waals surface area (Å²) in [6.07, 6.45) is 0.528. The van der Waals surface area contributed by atoms with Crippen LogP contribution in [0.5, 0.6) is 0 Å². The molecule has 0 aromatic heterocycles. The highest BCUT2D eigenvalue weighted by Crippen LogP contribution is 2.42. The van der Waals surface area contributed by atoms with Crippen molar-refractivity contribution < 1.29 is 8.78 Å². The molecule has 130 valence electrons. The first-order valence-electron chi connectivity index (χ1n) is 8.46. The van der Waals surface area contributed by atoms with Gasteiger partial charge in [-0.15, -0.1) is 0 Å². The van der Waals surface area contributed by atoms with E-state index in [2.05, 4.69) is 0 Å². The molecule has 4 heteroatoms. The Morgan fingerprint density at radius 1 is 0.808 bits per heavy atom. The zero-order valence-electron chi connectivity index (χ0n) is 13.9. The number of rotatable bonds is 3. The molecule has 0 saturated heterocycles. The summed E-state index contributed by atoms with van der Waals surface area (Å²) in [5.41, 5.74) is 2.88. The minimum Gasteiger partial charge on any atom is -0.280 e. The van der Waals surface area contributed by atoms with Crippen LogP contribution < -0.4 is 0 Å². The molecular weight excluding hydrogens is 352 g/mol. The van der Waals surface area contributed by atoms with Crippen LogP contribution >= 0.6 is 11.6 Å². The van der Waals surface area contributed by atoms with Crippen molar-refractivity contribution in [2.45, 2.75) is 18.4 Å². The Balaban J connectivity index is 1.81. The first-order valence-corrected chi connectivity index (χ1v) is 8.84. The molecule has 0 aliphatic carbocycles. The van der Waals surface area contributed by atoms with Crippen molar-refractivity contribution in [2.75, 3.05) is 0 Å². The second kappa shape index (κ2) is 7.00. The summed E-state index contributed by atoms with van der Waals surface area (Å²) in [4.78, 5) is 4.73. The lowest BCUT2D eigenvalue weighted by molar-refractivity contribution is 0.520. The van der Waals surface area contributed by atoms with Gasteiger partial charge in [0.05, 0.1) is 11.8 Å². The molecule has 2 atom stereocenters. The Labute approximate surface area is 156 Å². The highest BCUT2D eigenvalue weighted by atomic mass is 35.5. The Hall–Kier alpha value is -2.52. The number of benzene rings is 3. The first kappa shape index (κ1) is 16.9. The molecule has 4 rings (SSSR count). The van der Waals surface area contributed by atoms with E-state index in [0.29, 0.717) is 11.4 Å². The van der Waals surface area contributed by atoms with Gasteiger partial charge in [0.2, 0.25) is 0 Å². The molecule has 1 aliphatic heterocycles. The maximum atomic E-state index is 14.3. The van der Waals surface area contributed by atoms with Crippen LogP contribution in [0, 0.1) is 11.6 Å². The monoisotopic (exact) mass is 367 g/mol. The fraction of sp³-hybridized carbons (Fsp3) is 0.136. The second-order valence-corrected chi connectivity index (χ2v) is 6.81. The fourth-order valence-corrected chi connectivity index (χ4v) is 3.66. The minimum atomic E-state index is -0.553. The van der Waals surface area contributed by atoms with Crippen LogP contribution in [0.4, 0.5) is 8.78 Å². The third-order valence-corrected chi connectivity index (χ3v) is 5.01. The van der Waals surface area contributed by atoms with Crippen molar-refractivity contribution in [3.63, 3.8) is 0 Å². The number of aliphatic imine (C=N–C) groups is 1. The third-order valence-electron chi connectivity index (χ3n) is 4.76. The van der Waals surface area contributed by atoms with Crippen LogP contribution in [0.3, 0.4) is 0 Å². The van der Waals surface area contributed by atoms with Crippen LogP contribution in [0.1, 0.15) is 35.1 Å². The lowest BCUT2D eigenvalue weighted by atomic mass is 9.87. The van der Waals surface area contributed by atoms with E-state index in [-0.39, 0.29) is 11.5 Å². The second-order valence-electron chi connectivity index (χ2n) is 6.37. The van der Waals surface area contributed by atoms with Crippen molar-refractivity contribution in [3.05, 3.63) is 106 Å². The molecular formula is C22H16ClF2N. The van der Waals surface area contributed by atoms with Crippen LogP contribution in [0.2, 0.25) is 5.02 Å². The number of halogens is 3. The van der Waals surface area contributed by atoms with E-state index in [0.717, 1.165) is 16.8 Å². The summed E-state index contributed by atoms with van der Waals surface area (Å²) < 4.78 is 28.6. The van der Waals surface area contributed by atoms with Crippen molar-refractivity contribution in [1.82, 2.24) is 0 Å². The van der Waals surface area contributed by atoms with Gasteiger partial charge in [0, 0.05) is 16.5 Å². The molecule has 3 aromatic rings. The molecule has 0 N–H and O–H groups in total. The van der Waals surface area contributed by atoms with E-state index in [9.17, 15) is 8.78 Å². The Bertz CT molecular complexity index is 931. The molecule has 1 aliphatic rings. The van der Waals surface area contributed by atoms with Gasteiger partial charge in [-0.05, 0) is 41.8 Å². The highest BCUT2D eigenvalue weighted by Gasteiger charge is 2.33. The smallest absolute Gasteiger partial charge is 0.131 e. The molecule has 0 fully saturated rings. The molecule has 0 bridgehead atoms. The van der Waals surface area contributed by atoms with E-state index in [1.807, 2.05) is 42.5 Å². The van der Waals surface area contributed by atoms with Gasteiger partial charge in [-0.3, -0.25) is 4.99 Å². The van der Waals surface area contributed by atoms with Gasteiger partial charge in [0.25, 0.3) is 0 Å². The maximum Gasteiger partial charge on any atom is 0.131 e. The molecule has 0 spiro atoms. The van der Waals surface area contributed by atoms with Crippen molar-refractivity contribution in [3.8, 4) is 0 Å². The van der Waals surface area contributed by atoms with E-state index in [4.69, 9.17) is 16.6 Å². The molecule has 1 heterocycles. The summed E-state index contributed by atoms with van der Waals surface area (Å²) in [5, 5.41) is 0.639. The molecule has 2 unspecified atom stereocenters. The molecule has 3 aromatic carbocycles. The van der Waals surface area contributed by atoms with Crippen LogP contribution in [0.25, 0.3) is 0 Å². The summed E-state index contributed by atoms with van der Waals surface area (Å²) in [6.45, 7) is 0. The highest BCUT2D eigenvalue weighted by molar-refractivity contribution is 6.30. The summed E-state index contributed by atoms with van der Waals surface area (Å²) in [7, 11) is 0. The van der Waals surface area contributed by atoms with Gasteiger partial charge in [-0.25, -0.2) is 8.78 Å². The molecule has 26 heavy (non-hydrogen) atoms. The van der Waals surface area contributed by atoms with Crippen molar-refractivity contribution in [2.24, 2.45) is 4.99 Å². The van der Waals surface area contributed by atoms with Gasteiger partial charge < -0.3 is 0 Å². The first-order chi connectivity index (χ1) is 12.6. The third kappa shape index (κ3) is 3.15. The Morgan fingerprint density at radius 2 is 1.46 bits per heavy atom. The predicted octanol–water partition coefficient (Wildman–Crippen LogP) is 6.34. The van der Waals surface area contributed by atoms with E-state index >= 15 is 0 Å². The lowest BCUT2D eigenvalue weighted by Crippen LogP contribution is -2.09. The summed E-state index contributed by atoms with van der Waals surface area (Å²) in [6, 6.07) is 20.7. The quantitative estimate of drug-likeness (QED) is 0.512. The maximum absolute atomic E-state index is 14.3.